The number of carbonyl (C=O) groups excluding carboxylic acids is 2. The van der Waals surface area contributed by atoms with Gasteiger partial charge in [-0.2, -0.15) is 5.10 Å². The molecule has 1 heterocycles. The third-order valence-corrected chi connectivity index (χ3v) is 6.51. The summed E-state index contributed by atoms with van der Waals surface area (Å²) in [6.07, 6.45) is 3.88. The second-order valence-electron chi connectivity index (χ2n) is 10.8. The zero-order valence-electron chi connectivity index (χ0n) is 23.7. The first-order valence-corrected chi connectivity index (χ1v) is 13.5. The Labute approximate surface area is 227 Å². The van der Waals surface area contributed by atoms with Gasteiger partial charge in [0.15, 0.2) is 0 Å². The van der Waals surface area contributed by atoms with Crippen LogP contribution in [0.3, 0.4) is 0 Å². The van der Waals surface area contributed by atoms with Gasteiger partial charge in [0, 0.05) is 37.3 Å². The lowest BCUT2D eigenvalue weighted by Gasteiger charge is -2.22. The number of ether oxygens (including phenoxy) is 1. The third kappa shape index (κ3) is 7.78. The Hall–Kier alpha value is -3.45. The fourth-order valence-electron chi connectivity index (χ4n) is 4.21. The molecule has 1 aromatic heterocycles. The monoisotopic (exact) mass is 518 g/mol. The number of methoxy groups -OCH3 is 1. The number of nitrogens with zero attached hydrogens (tertiary/aromatic N) is 3. The Kier molecular flexibility index (Phi) is 10.2. The van der Waals surface area contributed by atoms with Gasteiger partial charge in [-0.1, -0.05) is 64.4 Å². The Balaban J connectivity index is 1.82. The van der Waals surface area contributed by atoms with Gasteiger partial charge in [0.05, 0.1) is 11.4 Å². The van der Waals surface area contributed by atoms with Crippen LogP contribution in [-0.4, -0.2) is 53.3 Å². The van der Waals surface area contributed by atoms with Crippen molar-refractivity contribution in [2.24, 2.45) is 0 Å². The maximum absolute atomic E-state index is 13.4. The standard InChI is InChI=1S/C31H42N4O3/c1-7-8-13-24-15-17-25(18-16-24)30(37)34(19-11-20-38-6)22-29(36)32-28-21-27(31(3,4)5)33-35(28)26-14-10-9-12-23(26)2/h9-10,12,14-18,21H,7-8,11,13,19-20,22H2,1-6H3,(H,32,36). The van der Waals surface area contributed by atoms with Crippen molar-refractivity contribution in [3.05, 3.63) is 77.0 Å². The fraction of sp³-hybridized carbons (Fsp3) is 0.452. The van der Waals surface area contributed by atoms with Crippen LogP contribution in [-0.2, 0) is 21.4 Å². The number of aromatic nitrogens is 2. The molecule has 0 aliphatic heterocycles. The van der Waals surface area contributed by atoms with Crippen LogP contribution in [0, 0.1) is 6.92 Å². The second kappa shape index (κ2) is 13.4. The highest BCUT2D eigenvalue weighted by Crippen LogP contribution is 2.27. The molecule has 0 bridgehead atoms. The molecule has 2 aromatic carbocycles. The van der Waals surface area contributed by atoms with Crippen molar-refractivity contribution in [3.8, 4) is 5.69 Å². The van der Waals surface area contributed by atoms with E-state index >= 15 is 0 Å². The molecule has 0 aliphatic carbocycles. The minimum Gasteiger partial charge on any atom is -0.385 e. The summed E-state index contributed by atoms with van der Waals surface area (Å²) < 4.78 is 6.97. The molecule has 0 fully saturated rings. The lowest BCUT2D eigenvalue weighted by Crippen LogP contribution is -2.39. The van der Waals surface area contributed by atoms with Crippen LogP contribution in [0.25, 0.3) is 5.69 Å². The van der Waals surface area contributed by atoms with Gasteiger partial charge < -0.3 is 15.0 Å². The summed E-state index contributed by atoms with van der Waals surface area (Å²) in [5.74, 6) is 0.144. The van der Waals surface area contributed by atoms with Crippen LogP contribution in [0.4, 0.5) is 5.82 Å². The molecule has 0 radical (unpaired) electrons. The molecule has 0 atom stereocenters. The predicted molar refractivity (Wildman–Crippen MR) is 153 cm³/mol. The molecule has 0 saturated heterocycles. The molecule has 7 heteroatoms. The normalized spacial score (nSPS) is 11.4. The van der Waals surface area contributed by atoms with Gasteiger partial charge in [0.25, 0.3) is 5.91 Å². The zero-order chi connectivity index (χ0) is 27.7. The first kappa shape index (κ1) is 29.1. The Bertz CT molecular complexity index is 1210. The molecule has 1 N–H and O–H groups in total. The van der Waals surface area contributed by atoms with Crippen LogP contribution < -0.4 is 5.32 Å². The van der Waals surface area contributed by atoms with E-state index in [-0.39, 0.29) is 23.8 Å². The van der Waals surface area contributed by atoms with Gasteiger partial charge in [-0.25, -0.2) is 4.68 Å². The van der Waals surface area contributed by atoms with Gasteiger partial charge in [-0.3, -0.25) is 9.59 Å². The number of amides is 2. The summed E-state index contributed by atoms with van der Waals surface area (Å²) in [6, 6.07) is 17.6. The van der Waals surface area contributed by atoms with E-state index in [0.29, 0.717) is 31.0 Å². The number of anilines is 1. The number of para-hydroxylation sites is 1. The number of unbranched alkanes of at least 4 members (excludes halogenated alkanes) is 1. The average molecular weight is 519 g/mol. The van der Waals surface area contributed by atoms with Crippen LogP contribution >= 0.6 is 0 Å². The van der Waals surface area contributed by atoms with Crippen molar-refractivity contribution < 1.29 is 14.3 Å². The molecule has 204 valence electrons. The van der Waals surface area contributed by atoms with E-state index in [0.717, 1.165) is 36.2 Å². The van der Waals surface area contributed by atoms with Crippen molar-refractivity contribution in [1.82, 2.24) is 14.7 Å². The van der Waals surface area contributed by atoms with Gasteiger partial charge in [0.1, 0.15) is 12.4 Å². The van der Waals surface area contributed by atoms with Crippen LogP contribution in [0.5, 0.6) is 0 Å². The first-order chi connectivity index (χ1) is 18.1. The summed E-state index contributed by atoms with van der Waals surface area (Å²) >= 11 is 0. The maximum Gasteiger partial charge on any atom is 0.254 e. The highest BCUT2D eigenvalue weighted by Gasteiger charge is 2.24. The molecule has 3 rings (SSSR count). The summed E-state index contributed by atoms with van der Waals surface area (Å²) in [4.78, 5) is 28.3. The number of carbonyl (C=O) groups is 2. The molecular formula is C31H42N4O3. The van der Waals surface area contributed by atoms with E-state index < -0.39 is 0 Å². The lowest BCUT2D eigenvalue weighted by atomic mass is 9.92. The van der Waals surface area contributed by atoms with Crippen LogP contribution in [0.2, 0.25) is 0 Å². The summed E-state index contributed by atoms with van der Waals surface area (Å²) in [6.45, 7) is 11.3. The summed E-state index contributed by atoms with van der Waals surface area (Å²) in [5.41, 5.74) is 4.41. The van der Waals surface area contributed by atoms with Crippen molar-refractivity contribution in [2.75, 3.05) is 32.1 Å². The van der Waals surface area contributed by atoms with E-state index in [1.165, 1.54) is 5.56 Å². The number of benzene rings is 2. The highest BCUT2D eigenvalue weighted by atomic mass is 16.5. The SMILES string of the molecule is CCCCc1ccc(C(=O)N(CCCOC)CC(=O)Nc2cc(C(C)(C)C)nn2-c2ccccc2C)cc1. The number of hydrogen-bond donors (Lipinski definition) is 1. The van der Waals surface area contributed by atoms with E-state index in [1.807, 2.05) is 61.5 Å². The molecule has 0 unspecified atom stereocenters. The second-order valence-corrected chi connectivity index (χ2v) is 10.8. The number of rotatable bonds is 12. The van der Waals surface area contributed by atoms with E-state index in [2.05, 4.69) is 33.0 Å². The Morgan fingerprint density at radius 3 is 2.39 bits per heavy atom. The van der Waals surface area contributed by atoms with E-state index in [4.69, 9.17) is 9.84 Å². The third-order valence-electron chi connectivity index (χ3n) is 6.51. The molecule has 38 heavy (non-hydrogen) atoms. The molecule has 7 nitrogen and oxygen atoms in total. The predicted octanol–water partition coefficient (Wildman–Crippen LogP) is 5.94. The topological polar surface area (TPSA) is 76.5 Å². The van der Waals surface area contributed by atoms with E-state index in [9.17, 15) is 9.59 Å². The van der Waals surface area contributed by atoms with Crippen LogP contribution in [0.15, 0.2) is 54.6 Å². The maximum atomic E-state index is 13.4. The van der Waals surface area contributed by atoms with Gasteiger partial charge in [-0.05, 0) is 55.5 Å². The van der Waals surface area contributed by atoms with Crippen molar-refractivity contribution in [2.45, 2.75) is 65.7 Å². The molecule has 0 spiro atoms. The van der Waals surface area contributed by atoms with Gasteiger partial charge >= 0.3 is 0 Å². The van der Waals surface area contributed by atoms with Gasteiger partial charge in [-0.15, -0.1) is 0 Å². The van der Waals surface area contributed by atoms with Gasteiger partial charge in [0.2, 0.25) is 5.91 Å². The Morgan fingerprint density at radius 2 is 1.76 bits per heavy atom. The van der Waals surface area contributed by atoms with Crippen LogP contribution in [0.1, 0.15) is 74.1 Å². The Morgan fingerprint density at radius 1 is 1.05 bits per heavy atom. The zero-order valence-corrected chi connectivity index (χ0v) is 23.7. The smallest absolute Gasteiger partial charge is 0.254 e. The molecular weight excluding hydrogens is 476 g/mol. The fourth-order valence-corrected chi connectivity index (χ4v) is 4.21. The highest BCUT2D eigenvalue weighted by molar-refractivity contribution is 5.99. The average Bonchev–Trinajstić information content (AvgIpc) is 3.31. The number of nitrogens with one attached hydrogen (secondary N) is 1. The quantitative estimate of drug-likeness (QED) is 0.301. The van der Waals surface area contributed by atoms with E-state index in [1.54, 1.807) is 16.7 Å². The lowest BCUT2D eigenvalue weighted by molar-refractivity contribution is -0.117. The minimum absolute atomic E-state index is 0.0655. The number of aryl methyl sites for hydroxylation is 2. The molecule has 3 aromatic rings. The van der Waals surface area contributed by atoms with Crippen molar-refractivity contribution >= 4 is 17.6 Å². The van der Waals surface area contributed by atoms with Crippen molar-refractivity contribution in [1.29, 1.82) is 0 Å². The number of hydrogen-bond acceptors (Lipinski definition) is 4. The first-order valence-electron chi connectivity index (χ1n) is 13.5. The largest absolute Gasteiger partial charge is 0.385 e. The molecule has 0 saturated carbocycles. The van der Waals surface area contributed by atoms with Crippen molar-refractivity contribution in [3.63, 3.8) is 0 Å². The summed E-state index contributed by atoms with van der Waals surface area (Å²) in [7, 11) is 1.63. The molecule has 0 aliphatic rings. The molecule has 2 amide bonds. The minimum atomic E-state index is -0.273. The summed E-state index contributed by atoms with van der Waals surface area (Å²) in [5, 5.41) is 7.85.